The standard InChI is InChI=1S/C38H57N7O15/c1-17(2)25(41)37(52)58-28-24(56-33(30(28)60-38(53)26(42)18(3)4)44-10-6-8-20(12-44)31(43)47)16-54-15-22(40)36(51)57-27-23(14-46)55-32(29(27)59-35(50)19(5)39)45-11-7-9-21(13-45)34(48)49/h6-7,10-13,17-19,22-30,32-33,46H,8-9,14-16,39-42H2,1-5H3,(H2,43,47)(H,48,49)/t19-,22-,23+,24+,25-,26-,27+,28+,29+,30+,32+,33+/m0/s1. The lowest BCUT2D eigenvalue weighted by atomic mass is 10.0. The van der Waals surface area contributed by atoms with Gasteiger partial charge in [-0.1, -0.05) is 39.8 Å². The summed E-state index contributed by atoms with van der Waals surface area (Å²) in [5, 5.41) is 19.7. The zero-order chi connectivity index (χ0) is 44.6. The predicted molar refractivity (Wildman–Crippen MR) is 206 cm³/mol. The summed E-state index contributed by atoms with van der Waals surface area (Å²) in [4.78, 5) is 79.2. The number of allylic oxidation sites excluding steroid dienone is 2. The van der Waals surface area contributed by atoms with E-state index in [0.29, 0.717) is 0 Å². The fraction of sp³-hybridized carbons (Fsp3) is 0.632. The fourth-order valence-electron chi connectivity index (χ4n) is 6.30. The normalized spacial score (nSPS) is 28.4. The molecule has 0 bridgehead atoms. The van der Waals surface area contributed by atoms with Gasteiger partial charge < -0.3 is 81.8 Å². The van der Waals surface area contributed by atoms with Gasteiger partial charge in [0, 0.05) is 36.8 Å². The lowest BCUT2D eigenvalue weighted by Crippen LogP contribution is -2.50. The highest BCUT2D eigenvalue weighted by molar-refractivity contribution is 5.92. The number of nitrogens with zero attached hydrogens (tertiary/aromatic N) is 2. The number of aliphatic carboxylic acids is 1. The maximum Gasteiger partial charge on any atom is 0.333 e. The summed E-state index contributed by atoms with van der Waals surface area (Å²) >= 11 is 0. The predicted octanol–water partition coefficient (Wildman–Crippen LogP) is -2.49. The summed E-state index contributed by atoms with van der Waals surface area (Å²) in [5.41, 5.74) is 29.9. The van der Waals surface area contributed by atoms with Crippen LogP contribution in [0.4, 0.5) is 0 Å². The van der Waals surface area contributed by atoms with Gasteiger partial charge in [0.1, 0.15) is 36.4 Å². The largest absolute Gasteiger partial charge is 0.478 e. The number of aliphatic hydroxyl groups is 1. The van der Waals surface area contributed by atoms with E-state index < -0.39 is 129 Å². The van der Waals surface area contributed by atoms with Gasteiger partial charge >= 0.3 is 29.8 Å². The maximum atomic E-state index is 13.5. The van der Waals surface area contributed by atoms with Crippen molar-refractivity contribution >= 4 is 35.8 Å². The Hall–Kier alpha value is -4.94. The average Bonchev–Trinajstić information content (AvgIpc) is 3.72. The van der Waals surface area contributed by atoms with Crippen LogP contribution in [0, 0.1) is 11.8 Å². The number of carbonyl (C=O) groups excluding carboxylic acids is 5. The van der Waals surface area contributed by atoms with Crippen molar-refractivity contribution < 1.29 is 72.1 Å². The van der Waals surface area contributed by atoms with E-state index in [9.17, 15) is 39.0 Å². The molecule has 0 aliphatic carbocycles. The van der Waals surface area contributed by atoms with E-state index >= 15 is 0 Å². The van der Waals surface area contributed by atoms with Crippen LogP contribution in [0.3, 0.4) is 0 Å². The van der Waals surface area contributed by atoms with Crippen LogP contribution in [0.2, 0.25) is 0 Å². The minimum absolute atomic E-state index is 0.0150. The third-order valence-corrected chi connectivity index (χ3v) is 10.0. The lowest BCUT2D eigenvalue weighted by molar-refractivity contribution is -0.172. The summed E-state index contributed by atoms with van der Waals surface area (Å²) in [6, 6.07) is -4.79. The topological polar surface area (TPSA) is 344 Å². The van der Waals surface area contributed by atoms with Crippen LogP contribution in [0.1, 0.15) is 47.5 Å². The number of aliphatic hydroxyl groups excluding tert-OH is 1. The maximum absolute atomic E-state index is 13.5. The van der Waals surface area contributed by atoms with Crippen LogP contribution in [-0.4, -0.2) is 149 Å². The van der Waals surface area contributed by atoms with Crippen molar-refractivity contribution in [2.45, 2.75) is 121 Å². The molecule has 2 saturated heterocycles. The Balaban J connectivity index is 1.55. The number of nitrogens with two attached hydrogens (primary N) is 5. The van der Waals surface area contributed by atoms with Gasteiger partial charge in [-0.2, -0.15) is 0 Å². The van der Waals surface area contributed by atoms with E-state index in [2.05, 4.69) is 0 Å². The van der Waals surface area contributed by atoms with Crippen LogP contribution in [0.5, 0.6) is 0 Å². The summed E-state index contributed by atoms with van der Waals surface area (Å²) in [6.07, 6.45) is -1.33. The monoisotopic (exact) mass is 851 g/mol. The molecular formula is C38H57N7O15. The molecule has 12 atom stereocenters. The number of primary amides is 1. The second-order valence-electron chi connectivity index (χ2n) is 15.4. The molecule has 0 saturated carbocycles. The number of hydrogen-bond donors (Lipinski definition) is 7. The van der Waals surface area contributed by atoms with Crippen molar-refractivity contribution in [1.82, 2.24) is 9.80 Å². The molecule has 2 fully saturated rings. The molecular weight excluding hydrogens is 794 g/mol. The highest BCUT2D eigenvalue weighted by Crippen LogP contribution is 2.34. The minimum Gasteiger partial charge on any atom is -0.478 e. The van der Waals surface area contributed by atoms with Crippen molar-refractivity contribution in [3.8, 4) is 0 Å². The summed E-state index contributed by atoms with van der Waals surface area (Å²) < 4.78 is 41.0. The number of hydrogen-bond acceptors (Lipinski definition) is 20. The summed E-state index contributed by atoms with van der Waals surface area (Å²) in [7, 11) is 0. The molecule has 22 nitrogen and oxygen atoms in total. The molecule has 0 radical (unpaired) electrons. The zero-order valence-electron chi connectivity index (χ0n) is 34.1. The van der Waals surface area contributed by atoms with Gasteiger partial charge in [-0.3, -0.25) is 24.0 Å². The van der Waals surface area contributed by atoms with Crippen molar-refractivity contribution in [3.63, 3.8) is 0 Å². The number of esters is 4. The molecule has 60 heavy (non-hydrogen) atoms. The average molecular weight is 852 g/mol. The molecule has 4 rings (SSSR count). The van der Waals surface area contributed by atoms with E-state index in [1.807, 2.05) is 0 Å². The number of ether oxygens (including phenoxy) is 7. The first-order valence-electron chi connectivity index (χ1n) is 19.4. The zero-order valence-corrected chi connectivity index (χ0v) is 34.1. The number of amides is 1. The smallest absolute Gasteiger partial charge is 0.333 e. The molecule has 4 aliphatic heterocycles. The van der Waals surface area contributed by atoms with E-state index in [-0.39, 0.29) is 35.8 Å². The Labute approximate surface area is 346 Å². The molecule has 4 heterocycles. The third kappa shape index (κ3) is 11.7. The van der Waals surface area contributed by atoms with E-state index in [0.717, 1.165) is 0 Å². The molecule has 22 heteroatoms. The Morgan fingerprint density at radius 1 is 0.700 bits per heavy atom. The molecule has 0 aromatic rings. The first-order chi connectivity index (χ1) is 28.2. The molecule has 0 spiro atoms. The van der Waals surface area contributed by atoms with E-state index in [4.69, 9.17) is 61.8 Å². The Morgan fingerprint density at radius 2 is 1.15 bits per heavy atom. The number of carbonyl (C=O) groups is 6. The Bertz CT molecular complexity index is 1720. The van der Waals surface area contributed by atoms with Crippen LogP contribution < -0.4 is 28.7 Å². The molecule has 334 valence electrons. The van der Waals surface area contributed by atoms with Crippen LogP contribution >= 0.6 is 0 Å². The molecule has 0 unspecified atom stereocenters. The molecule has 0 aromatic carbocycles. The highest BCUT2D eigenvalue weighted by atomic mass is 16.7. The van der Waals surface area contributed by atoms with Gasteiger partial charge in [0.05, 0.1) is 25.4 Å². The second kappa shape index (κ2) is 21.0. The van der Waals surface area contributed by atoms with E-state index in [1.165, 1.54) is 41.4 Å². The number of rotatable bonds is 19. The fourth-order valence-corrected chi connectivity index (χ4v) is 6.30. The van der Waals surface area contributed by atoms with Gasteiger partial charge in [0.15, 0.2) is 36.9 Å². The van der Waals surface area contributed by atoms with Gasteiger partial charge in [0.2, 0.25) is 5.91 Å². The summed E-state index contributed by atoms with van der Waals surface area (Å²) in [5.74, 6) is -6.25. The molecule has 4 aliphatic rings. The first-order valence-corrected chi connectivity index (χ1v) is 19.4. The van der Waals surface area contributed by atoms with Gasteiger partial charge in [0.25, 0.3) is 0 Å². The third-order valence-electron chi connectivity index (χ3n) is 10.0. The second-order valence-corrected chi connectivity index (χ2v) is 15.4. The minimum atomic E-state index is -1.52. The summed E-state index contributed by atoms with van der Waals surface area (Å²) in [6.45, 7) is 6.54. The first kappa shape index (κ1) is 47.7. The van der Waals surface area contributed by atoms with Gasteiger partial charge in [-0.25, -0.2) is 4.79 Å². The Morgan fingerprint density at radius 3 is 1.63 bits per heavy atom. The number of carboxylic acids is 1. The van der Waals surface area contributed by atoms with Crippen molar-refractivity contribution in [3.05, 3.63) is 48.1 Å². The SMILES string of the molecule is CC(C)[C@H](N)C(=O)O[C@@H]1[C@H](OC(=O)[C@@H](N)C(C)C)[C@@H](COC[C@H](N)C(=O)O[C@H]2[C@@H](OC(=O)[C@H](C)N)[C@H](N3C=CCC(C(=O)O)=C3)O[C@@H]2CO)O[C@H]1N1C=CCC(C(N)=O)=C1. The highest BCUT2D eigenvalue weighted by Gasteiger charge is 2.54. The molecule has 0 aromatic heterocycles. The van der Waals surface area contributed by atoms with Gasteiger partial charge in [-0.15, -0.1) is 0 Å². The van der Waals surface area contributed by atoms with Crippen molar-refractivity contribution in [1.29, 1.82) is 0 Å². The van der Waals surface area contributed by atoms with Crippen LogP contribution in [0.15, 0.2) is 48.1 Å². The van der Waals surface area contributed by atoms with Crippen molar-refractivity contribution in [2.75, 3.05) is 19.8 Å². The lowest BCUT2D eigenvalue weighted by Gasteiger charge is -2.32. The van der Waals surface area contributed by atoms with Gasteiger partial charge in [-0.05, 0) is 25.2 Å². The van der Waals surface area contributed by atoms with Crippen molar-refractivity contribution in [2.24, 2.45) is 40.5 Å². The van der Waals surface area contributed by atoms with Crippen LogP contribution in [0.25, 0.3) is 0 Å². The molecule has 12 N–H and O–H groups in total. The van der Waals surface area contributed by atoms with Crippen LogP contribution in [-0.2, 0) is 61.9 Å². The molecule has 1 amide bonds. The number of carboxylic acid groups (broad SMARTS) is 1. The quantitative estimate of drug-likeness (QED) is 0.0522. The van der Waals surface area contributed by atoms with E-state index in [1.54, 1.807) is 40.0 Å². The Kier molecular flexibility index (Phi) is 16.7.